The molecule has 1 aromatic heterocycles. The van der Waals surface area contributed by atoms with E-state index in [1.54, 1.807) is 17.2 Å². The number of hydrogen-bond acceptors (Lipinski definition) is 4. The molecular weight excluding hydrogens is 296 g/mol. The predicted octanol–water partition coefficient (Wildman–Crippen LogP) is 2.63. The molecule has 1 amide bonds. The Balaban J connectivity index is 1.50. The lowest BCUT2D eigenvalue weighted by Gasteiger charge is -2.38. The van der Waals surface area contributed by atoms with Gasteiger partial charge in [-0.3, -0.25) is 4.79 Å². The summed E-state index contributed by atoms with van der Waals surface area (Å²) in [6.45, 7) is 1.23. The highest BCUT2D eigenvalue weighted by molar-refractivity contribution is 7.11. The number of thiazole rings is 1. The number of amides is 1. The zero-order valence-electron chi connectivity index (χ0n) is 10.7. The fourth-order valence-electron chi connectivity index (χ4n) is 2.04. The number of ether oxygens (including phenoxy) is 1. The van der Waals surface area contributed by atoms with E-state index in [-0.39, 0.29) is 12.0 Å². The molecule has 1 saturated heterocycles. The molecule has 0 spiro atoms. The Morgan fingerprint density at radius 1 is 1.45 bits per heavy atom. The van der Waals surface area contributed by atoms with E-state index >= 15 is 0 Å². The van der Waals surface area contributed by atoms with Crippen molar-refractivity contribution in [2.45, 2.75) is 12.5 Å². The molecule has 0 saturated carbocycles. The van der Waals surface area contributed by atoms with Crippen molar-refractivity contribution in [3.63, 3.8) is 0 Å². The Bertz CT molecular complexity index is 597. The lowest BCUT2D eigenvalue weighted by molar-refractivity contribution is -0.139. The van der Waals surface area contributed by atoms with Gasteiger partial charge in [0.15, 0.2) is 0 Å². The maximum Gasteiger partial charge on any atom is 0.273 e. The van der Waals surface area contributed by atoms with Crippen molar-refractivity contribution >= 4 is 28.8 Å². The van der Waals surface area contributed by atoms with Gasteiger partial charge in [-0.2, -0.15) is 0 Å². The first kappa shape index (κ1) is 13.4. The van der Waals surface area contributed by atoms with Gasteiger partial charge in [-0.1, -0.05) is 41.1 Å². The molecule has 2 heterocycles. The third-order valence-corrected chi connectivity index (χ3v) is 4.21. The van der Waals surface area contributed by atoms with Crippen molar-refractivity contribution < 1.29 is 9.53 Å². The molecule has 1 aliphatic heterocycles. The maximum atomic E-state index is 12.1. The summed E-state index contributed by atoms with van der Waals surface area (Å²) in [5.74, 6) is 0.0806. The number of nitrogens with zero attached hydrogens (tertiary/aromatic N) is 2. The van der Waals surface area contributed by atoms with Gasteiger partial charge in [0, 0.05) is 16.6 Å². The zero-order chi connectivity index (χ0) is 13.9. The third kappa shape index (κ3) is 2.94. The molecule has 2 aromatic rings. The molecule has 3 rings (SSSR count). The fourth-order valence-corrected chi connectivity index (χ4v) is 2.80. The number of halogens is 1. The van der Waals surface area contributed by atoms with E-state index in [4.69, 9.17) is 16.3 Å². The van der Waals surface area contributed by atoms with E-state index in [1.165, 1.54) is 11.3 Å². The van der Waals surface area contributed by atoms with E-state index in [2.05, 4.69) is 4.98 Å². The molecular formula is C14H13ClN2O2S. The van der Waals surface area contributed by atoms with Gasteiger partial charge in [0.2, 0.25) is 5.91 Å². The number of likely N-dealkylation sites (tertiary alicyclic amines) is 1. The average molecular weight is 309 g/mol. The molecule has 6 heteroatoms. The van der Waals surface area contributed by atoms with Crippen molar-refractivity contribution in [2.75, 3.05) is 13.1 Å². The Morgan fingerprint density at radius 3 is 2.95 bits per heavy atom. The van der Waals surface area contributed by atoms with Crippen LogP contribution in [0.15, 0.2) is 35.8 Å². The third-order valence-electron chi connectivity index (χ3n) is 3.18. The minimum absolute atomic E-state index is 0.0522. The van der Waals surface area contributed by atoms with Gasteiger partial charge in [0.1, 0.15) is 6.10 Å². The molecule has 0 radical (unpaired) electrons. The number of carbonyl (C=O) groups excluding carboxylic acids is 1. The smallest absolute Gasteiger partial charge is 0.273 e. The standard InChI is InChI=1S/C14H13ClN2O2S/c15-12-4-2-1-3-10(12)7-13(18)17-8-11(9-17)19-14-16-5-6-20-14/h1-6,11H,7-9H2. The maximum absolute atomic E-state index is 12.1. The molecule has 1 aliphatic rings. The Kier molecular flexibility index (Phi) is 3.89. The second-order valence-electron chi connectivity index (χ2n) is 4.60. The highest BCUT2D eigenvalue weighted by Gasteiger charge is 2.32. The van der Waals surface area contributed by atoms with E-state index in [0.29, 0.717) is 29.7 Å². The SMILES string of the molecule is O=C(Cc1ccccc1Cl)N1CC(Oc2nccs2)C1. The first-order chi connectivity index (χ1) is 9.72. The second-order valence-corrected chi connectivity index (χ2v) is 5.87. The van der Waals surface area contributed by atoms with E-state index < -0.39 is 0 Å². The summed E-state index contributed by atoms with van der Waals surface area (Å²) in [4.78, 5) is 17.9. The second kappa shape index (κ2) is 5.81. The Hall–Kier alpha value is -1.59. The number of hydrogen-bond donors (Lipinski definition) is 0. The normalized spacial score (nSPS) is 14.9. The van der Waals surface area contributed by atoms with Gasteiger partial charge in [-0.15, -0.1) is 0 Å². The van der Waals surface area contributed by atoms with E-state index in [9.17, 15) is 4.79 Å². The molecule has 1 aromatic carbocycles. The molecule has 0 unspecified atom stereocenters. The number of carbonyl (C=O) groups is 1. The molecule has 0 aliphatic carbocycles. The van der Waals surface area contributed by atoms with Crippen molar-refractivity contribution in [2.24, 2.45) is 0 Å². The molecule has 20 heavy (non-hydrogen) atoms. The number of aromatic nitrogens is 1. The van der Waals surface area contributed by atoms with Crippen molar-refractivity contribution in [3.8, 4) is 5.19 Å². The molecule has 0 bridgehead atoms. The minimum atomic E-state index is 0.0522. The van der Waals surface area contributed by atoms with Crippen LogP contribution in [0.25, 0.3) is 0 Å². The molecule has 4 nitrogen and oxygen atoms in total. The van der Waals surface area contributed by atoms with Crippen molar-refractivity contribution in [1.29, 1.82) is 0 Å². The van der Waals surface area contributed by atoms with Crippen LogP contribution in [0.4, 0.5) is 0 Å². The fraction of sp³-hybridized carbons (Fsp3) is 0.286. The van der Waals surface area contributed by atoms with Crippen LogP contribution >= 0.6 is 22.9 Å². The summed E-state index contributed by atoms with van der Waals surface area (Å²) in [5, 5.41) is 3.17. The van der Waals surface area contributed by atoms with Gasteiger partial charge in [0.25, 0.3) is 5.19 Å². The first-order valence-electron chi connectivity index (χ1n) is 6.29. The summed E-state index contributed by atoms with van der Waals surface area (Å²) in [5.41, 5.74) is 0.864. The van der Waals surface area contributed by atoms with Crippen LogP contribution in [-0.4, -0.2) is 35.0 Å². The molecule has 0 N–H and O–H groups in total. The topological polar surface area (TPSA) is 42.4 Å². The first-order valence-corrected chi connectivity index (χ1v) is 7.55. The van der Waals surface area contributed by atoms with Crippen LogP contribution in [-0.2, 0) is 11.2 Å². The zero-order valence-corrected chi connectivity index (χ0v) is 12.2. The molecule has 1 fully saturated rings. The Morgan fingerprint density at radius 2 is 2.25 bits per heavy atom. The quantitative estimate of drug-likeness (QED) is 0.872. The number of benzene rings is 1. The van der Waals surface area contributed by atoms with Crippen LogP contribution in [0.1, 0.15) is 5.56 Å². The lowest BCUT2D eigenvalue weighted by Crippen LogP contribution is -2.56. The summed E-state index contributed by atoms with van der Waals surface area (Å²) in [6.07, 6.45) is 2.10. The van der Waals surface area contributed by atoms with Gasteiger partial charge in [0.05, 0.1) is 19.5 Å². The van der Waals surface area contributed by atoms with Gasteiger partial charge in [-0.25, -0.2) is 4.98 Å². The van der Waals surface area contributed by atoms with Gasteiger partial charge in [-0.05, 0) is 11.6 Å². The predicted molar refractivity (Wildman–Crippen MR) is 78.3 cm³/mol. The lowest BCUT2D eigenvalue weighted by atomic mass is 10.1. The average Bonchev–Trinajstić information content (AvgIpc) is 2.89. The Labute approximate surface area is 126 Å². The summed E-state index contributed by atoms with van der Waals surface area (Å²) in [6, 6.07) is 7.43. The minimum Gasteiger partial charge on any atom is -0.463 e. The number of rotatable bonds is 4. The van der Waals surface area contributed by atoms with Crippen LogP contribution < -0.4 is 4.74 Å². The van der Waals surface area contributed by atoms with Crippen molar-refractivity contribution in [3.05, 3.63) is 46.4 Å². The summed E-state index contributed by atoms with van der Waals surface area (Å²) in [7, 11) is 0. The van der Waals surface area contributed by atoms with Crippen LogP contribution in [0.2, 0.25) is 5.02 Å². The van der Waals surface area contributed by atoms with Gasteiger partial charge >= 0.3 is 0 Å². The molecule has 104 valence electrons. The molecule has 0 atom stereocenters. The highest BCUT2D eigenvalue weighted by Crippen LogP contribution is 2.22. The summed E-state index contributed by atoms with van der Waals surface area (Å²) < 4.78 is 5.63. The van der Waals surface area contributed by atoms with Crippen LogP contribution in [0, 0.1) is 0 Å². The van der Waals surface area contributed by atoms with Crippen molar-refractivity contribution in [1.82, 2.24) is 9.88 Å². The largest absolute Gasteiger partial charge is 0.463 e. The highest BCUT2D eigenvalue weighted by atomic mass is 35.5. The van der Waals surface area contributed by atoms with E-state index in [1.807, 2.05) is 23.6 Å². The summed E-state index contributed by atoms with van der Waals surface area (Å²) >= 11 is 7.52. The van der Waals surface area contributed by atoms with Gasteiger partial charge < -0.3 is 9.64 Å². The monoisotopic (exact) mass is 308 g/mol. The van der Waals surface area contributed by atoms with Crippen LogP contribution in [0.5, 0.6) is 5.19 Å². The van der Waals surface area contributed by atoms with Crippen LogP contribution in [0.3, 0.4) is 0 Å². The van der Waals surface area contributed by atoms with E-state index in [0.717, 1.165) is 5.56 Å².